The minimum atomic E-state index is 0.0347. The van der Waals surface area contributed by atoms with Crippen molar-refractivity contribution in [2.45, 2.75) is 25.3 Å². The Kier molecular flexibility index (Phi) is 4.42. The zero-order valence-corrected chi connectivity index (χ0v) is 11.6. The van der Waals surface area contributed by atoms with Gasteiger partial charge in [0.15, 0.2) is 0 Å². The highest BCUT2D eigenvalue weighted by molar-refractivity contribution is 9.10. The molecule has 1 aromatic rings. The molecule has 0 spiro atoms. The topological polar surface area (TPSA) is 41.1 Å². The third kappa shape index (κ3) is 3.69. The lowest BCUT2D eigenvalue weighted by Gasteiger charge is -2.11. The van der Waals surface area contributed by atoms with Crippen molar-refractivity contribution in [1.82, 2.24) is 5.32 Å². The van der Waals surface area contributed by atoms with Crippen LogP contribution in [-0.4, -0.2) is 18.5 Å². The van der Waals surface area contributed by atoms with Crippen LogP contribution in [0.4, 0.5) is 5.69 Å². The van der Waals surface area contributed by atoms with Crippen molar-refractivity contribution in [1.29, 1.82) is 0 Å². The molecule has 92 valence electrons. The first-order valence-electron chi connectivity index (χ1n) is 5.63. The van der Waals surface area contributed by atoms with Crippen molar-refractivity contribution in [2.75, 3.05) is 11.9 Å². The van der Waals surface area contributed by atoms with Gasteiger partial charge in [-0.2, -0.15) is 0 Å². The van der Waals surface area contributed by atoms with Crippen LogP contribution >= 0.6 is 27.5 Å². The maximum Gasteiger partial charge on any atom is 0.225 e. The molecule has 1 unspecified atom stereocenters. The molecule has 1 heterocycles. The Labute approximate surface area is 114 Å². The Morgan fingerprint density at radius 2 is 2.41 bits per heavy atom. The van der Waals surface area contributed by atoms with Gasteiger partial charge in [-0.25, -0.2) is 0 Å². The van der Waals surface area contributed by atoms with Crippen LogP contribution in [0, 0.1) is 0 Å². The highest BCUT2D eigenvalue weighted by Gasteiger charge is 2.17. The molecular formula is C12H14BrClN2O. The van der Waals surface area contributed by atoms with Crippen molar-refractivity contribution >= 4 is 39.1 Å². The summed E-state index contributed by atoms with van der Waals surface area (Å²) in [5, 5.41) is 6.83. The summed E-state index contributed by atoms with van der Waals surface area (Å²) in [5.74, 6) is 0.0347. The third-order valence-corrected chi connectivity index (χ3v) is 3.69. The number of amides is 1. The predicted molar refractivity (Wildman–Crippen MR) is 73.4 cm³/mol. The molecule has 0 aromatic heterocycles. The van der Waals surface area contributed by atoms with E-state index in [9.17, 15) is 4.79 Å². The molecule has 1 aromatic carbocycles. The molecule has 0 radical (unpaired) electrons. The highest BCUT2D eigenvalue weighted by atomic mass is 79.9. The second kappa shape index (κ2) is 5.85. The molecule has 3 nitrogen and oxygen atoms in total. The fraction of sp³-hybridized carbons (Fsp3) is 0.417. The first kappa shape index (κ1) is 12.9. The van der Waals surface area contributed by atoms with E-state index in [0.717, 1.165) is 29.5 Å². The van der Waals surface area contributed by atoms with E-state index < -0.39 is 0 Å². The first-order valence-corrected chi connectivity index (χ1v) is 6.80. The fourth-order valence-corrected chi connectivity index (χ4v) is 2.73. The van der Waals surface area contributed by atoms with Gasteiger partial charge < -0.3 is 10.6 Å². The number of carbonyl (C=O) groups is 1. The zero-order valence-electron chi connectivity index (χ0n) is 9.30. The quantitative estimate of drug-likeness (QED) is 0.899. The van der Waals surface area contributed by atoms with Crippen LogP contribution in [0.3, 0.4) is 0 Å². The molecule has 1 aliphatic heterocycles. The number of halogens is 2. The van der Waals surface area contributed by atoms with Gasteiger partial charge in [-0.1, -0.05) is 11.6 Å². The monoisotopic (exact) mass is 316 g/mol. The highest BCUT2D eigenvalue weighted by Crippen LogP contribution is 2.26. The van der Waals surface area contributed by atoms with Crippen molar-refractivity contribution in [3.8, 4) is 0 Å². The van der Waals surface area contributed by atoms with Gasteiger partial charge in [0.25, 0.3) is 0 Å². The second-order valence-corrected chi connectivity index (χ2v) is 5.46. The standard InChI is InChI=1S/C12H14BrClN2O/c13-10-6-8(14)3-4-11(10)16-12(17)7-9-2-1-5-15-9/h3-4,6,9,15H,1-2,5,7H2,(H,16,17). The van der Waals surface area contributed by atoms with Crippen LogP contribution < -0.4 is 10.6 Å². The van der Waals surface area contributed by atoms with Crippen LogP contribution in [0.5, 0.6) is 0 Å². The molecule has 5 heteroatoms. The number of nitrogens with one attached hydrogen (secondary N) is 2. The Morgan fingerprint density at radius 3 is 3.06 bits per heavy atom. The fourth-order valence-electron chi connectivity index (χ4n) is 1.95. The maximum absolute atomic E-state index is 11.8. The molecular weight excluding hydrogens is 304 g/mol. The number of carbonyl (C=O) groups excluding carboxylic acids is 1. The number of hydrogen-bond acceptors (Lipinski definition) is 2. The van der Waals surface area contributed by atoms with Crippen molar-refractivity contribution in [3.05, 3.63) is 27.7 Å². The van der Waals surface area contributed by atoms with Crippen LogP contribution in [0.25, 0.3) is 0 Å². The van der Waals surface area contributed by atoms with Gasteiger partial charge >= 0.3 is 0 Å². The van der Waals surface area contributed by atoms with E-state index in [1.54, 1.807) is 18.2 Å². The molecule has 0 saturated carbocycles. The number of anilines is 1. The Balaban J connectivity index is 1.93. The van der Waals surface area contributed by atoms with Crippen LogP contribution in [0.2, 0.25) is 5.02 Å². The smallest absolute Gasteiger partial charge is 0.225 e. The Morgan fingerprint density at radius 1 is 1.59 bits per heavy atom. The minimum Gasteiger partial charge on any atom is -0.325 e. The predicted octanol–water partition coefficient (Wildman–Crippen LogP) is 3.18. The van der Waals surface area contributed by atoms with Crippen LogP contribution in [0.15, 0.2) is 22.7 Å². The molecule has 1 saturated heterocycles. The summed E-state index contributed by atoms with van der Waals surface area (Å²) in [6, 6.07) is 5.65. The Bertz CT molecular complexity index is 419. The van der Waals surface area contributed by atoms with Crippen molar-refractivity contribution in [3.63, 3.8) is 0 Å². The molecule has 1 fully saturated rings. The van der Waals surface area contributed by atoms with Gasteiger partial charge in [-0.15, -0.1) is 0 Å². The Hall–Kier alpha value is -0.580. The van der Waals surface area contributed by atoms with E-state index in [0.29, 0.717) is 17.5 Å². The lowest BCUT2D eigenvalue weighted by atomic mass is 10.1. The summed E-state index contributed by atoms with van der Waals surface area (Å²) in [5.41, 5.74) is 0.761. The van der Waals surface area contributed by atoms with E-state index in [2.05, 4.69) is 26.6 Å². The molecule has 17 heavy (non-hydrogen) atoms. The number of hydrogen-bond donors (Lipinski definition) is 2. The first-order chi connectivity index (χ1) is 8.15. The van der Waals surface area contributed by atoms with Gasteiger partial charge in [0.1, 0.15) is 0 Å². The lowest BCUT2D eigenvalue weighted by Crippen LogP contribution is -2.27. The summed E-state index contributed by atoms with van der Waals surface area (Å²) >= 11 is 9.21. The average molecular weight is 318 g/mol. The van der Waals surface area contributed by atoms with Crippen molar-refractivity contribution < 1.29 is 4.79 Å². The average Bonchev–Trinajstić information content (AvgIpc) is 2.75. The van der Waals surface area contributed by atoms with Crippen LogP contribution in [-0.2, 0) is 4.79 Å². The van der Waals surface area contributed by atoms with Gasteiger partial charge in [-0.05, 0) is 53.5 Å². The molecule has 1 amide bonds. The normalized spacial score (nSPS) is 19.3. The molecule has 2 N–H and O–H groups in total. The number of benzene rings is 1. The molecule has 2 rings (SSSR count). The molecule has 1 atom stereocenters. The van der Waals surface area contributed by atoms with E-state index in [4.69, 9.17) is 11.6 Å². The van der Waals surface area contributed by atoms with E-state index in [1.165, 1.54) is 0 Å². The van der Waals surface area contributed by atoms with Gasteiger partial charge in [0.2, 0.25) is 5.91 Å². The summed E-state index contributed by atoms with van der Waals surface area (Å²) in [6.07, 6.45) is 2.76. The third-order valence-electron chi connectivity index (χ3n) is 2.80. The molecule has 1 aliphatic rings. The summed E-state index contributed by atoms with van der Waals surface area (Å²) in [4.78, 5) is 11.8. The molecule has 0 bridgehead atoms. The van der Waals surface area contributed by atoms with E-state index in [-0.39, 0.29) is 5.91 Å². The SMILES string of the molecule is O=C(CC1CCCN1)Nc1ccc(Cl)cc1Br. The summed E-state index contributed by atoms with van der Waals surface area (Å²) < 4.78 is 0.803. The van der Waals surface area contributed by atoms with E-state index in [1.807, 2.05) is 0 Å². The van der Waals surface area contributed by atoms with Gasteiger partial charge in [0.05, 0.1) is 5.69 Å². The number of rotatable bonds is 3. The van der Waals surface area contributed by atoms with E-state index >= 15 is 0 Å². The second-order valence-electron chi connectivity index (χ2n) is 4.17. The van der Waals surface area contributed by atoms with Gasteiger partial charge in [-0.3, -0.25) is 4.79 Å². The molecule has 0 aliphatic carbocycles. The maximum atomic E-state index is 11.8. The largest absolute Gasteiger partial charge is 0.325 e. The summed E-state index contributed by atoms with van der Waals surface area (Å²) in [7, 11) is 0. The minimum absolute atomic E-state index is 0.0347. The summed E-state index contributed by atoms with van der Waals surface area (Å²) in [6.45, 7) is 1.02. The van der Waals surface area contributed by atoms with Crippen LogP contribution in [0.1, 0.15) is 19.3 Å². The zero-order chi connectivity index (χ0) is 12.3. The van der Waals surface area contributed by atoms with Crippen molar-refractivity contribution in [2.24, 2.45) is 0 Å². The lowest BCUT2D eigenvalue weighted by molar-refractivity contribution is -0.116. The van der Waals surface area contributed by atoms with Gasteiger partial charge in [0, 0.05) is 22.0 Å².